The molecule has 4 heteroatoms. The fourth-order valence-corrected chi connectivity index (χ4v) is 3.07. The lowest BCUT2D eigenvalue weighted by Gasteiger charge is -2.46. The largest absolute Gasteiger partial charge is 0.481 e. The fourth-order valence-electron chi connectivity index (χ4n) is 3.07. The normalized spacial score (nSPS) is 31.4. The van der Waals surface area contributed by atoms with Gasteiger partial charge in [0.2, 0.25) is 0 Å². The number of carboxylic acid groups (broad SMARTS) is 1. The van der Waals surface area contributed by atoms with E-state index in [4.69, 9.17) is 5.11 Å². The number of hydrogen-bond acceptors (Lipinski definition) is 3. The van der Waals surface area contributed by atoms with Crippen LogP contribution in [0, 0.1) is 5.92 Å². The van der Waals surface area contributed by atoms with E-state index in [0.717, 1.165) is 45.3 Å². The van der Waals surface area contributed by atoms with E-state index >= 15 is 0 Å². The summed E-state index contributed by atoms with van der Waals surface area (Å²) in [5.41, 5.74) is 0. The molecule has 1 aliphatic heterocycles. The van der Waals surface area contributed by atoms with Crippen LogP contribution in [-0.2, 0) is 4.79 Å². The minimum absolute atomic E-state index is 0.116. The standard InChI is InChI=1S/C12H22N2O2/c1-2-14(9-5-7-13-8-6-9)11-4-3-10(11)12(15)16/h9-11,13H,2-8H2,1H3,(H,15,16). The van der Waals surface area contributed by atoms with Gasteiger partial charge in [-0.25, -0.2) is 0 Å². The van der Waals surface area contributed by atoms with Crippen LogP contribution in [-0.4, -0.2) is 47.7 Å². The highest BCUT2D eigenvalue weighted by Crippen LogP contribution is 2.34. The third kappa shape index (κ3) is 2.23. The molecule has 0 aromatic rings. The van der Waals surface area contributed by atoms with Gasteiger partial charge in [-0.2, -0.15) is 0 Å². The predicted octanol–water partition coefficient (Wildman–Crippen LogP) is 0.923. The molecule has 2 atom stereocenters. The molecule has 92 valence electrons. The van der Waals surface area contributed by atoms with E-state index < -0.39 is 5.97 Å². The number of nitrogens with zero attached hydrogens (tertiary/aromatic N) is 1. The van der Waals surface area contributed by atoms with Gasteiger partial charge in [0.1, 0.15) is 0 Å². The van der Waals surface area contributed by atoms with Gasteiger partial charge in [0.05, 0.1) is 5.92 Å². The third-order valence-corrected chi connectivity index (χ3v) is 4.12. The molecule has 2 fully saturated rings. The summed E-state index contributed by atoms with van der Waals surface area (Å²) >= 11 is 0. The fraction of sp³-hybridized carbons (Fsp3) is 0.917. The summed E-state index contributed by atoms with van der Waals surface area (Å²) in [6.45, 7) is 5.29. The number of piperidine rings is 1. The van der Waals surface area contributed by atoms with E-state index in [1.165, 1.54) is 0 Å². The number of hydrogen-bond donors (Lipinski definition) is 2. The number of carbonyl (C=O) groups is 1. The summed E-state index contributed by atoms with van der Waals surface area (Å²) in [6.07, 6.45) is 4.25. The first-order valence-electron chi connectivity index (χ1n) is 6.43. The number of aliphatic carboxylic acids is 1. The summed E-state index contributed by atoms with van der Waals surface area (Å²) in [7, 11) is 0. The molecular formula is C12H22N2O2. The summed E-state index contributed by atoms with van der Waals surface area (Å²) in [5.74, 6) is -0.724. The first-order chi connectivity index (χ1) is 7.74. The third-order valence-electron chi connectivity index (χ3n) is 4.12. The lowest BCUT2D eigenvalue weighted by molar-refractivity contribution is -0.149. The van der Waals surface area contributed by atoms with Gasteiger partial charge >= 0.3 is 5.97 Å². The van der Waals surface area contributed by atoms with Crippen molar-refractivity contribution in [3.63, 3.8) is 0 Å². The molecule has 2 N–H and O–H groups in total. The number of carboxylic acids is 1. The van der Waals surface area contributed by atoms with Crippen molar-refractivity contribution in [2.45, 2.75) is 44.7 Å². The predicted molar refractivity (Wildman–Crippen MR) is 62.4 cm³/mol. The van der Waals surface area contributed by atoms with E-state index in [0.29, 0.717) is 12.1 Å². The van der Waals surface area contributed by atoms with Crippen LogP contribution in [0.4, 0.5) is 0 Å². The van der Waals surface area contributed by atoms with Gasteiger partial charge in [0.15, 0.2) is 0 Å². The van der Waals surface area contributed by atoms with E-state index in [2.05, 4.69) is 17.1 Å². The molecule has 0 aromatic carbocycles. The van der Waals surface area contributed by atoms with Crippen molar-refractivity contribution >= 4 is 5.97 Å². The average Bonchev–Trinajstić information content (AvgIpc) is 2.24. The van der Waals surface area contributed by atoms with Gasteiger partial charge in [-0.05, 0) is 45.3 Å². The summed E-state index contributed by atoms with van der Waals surface area (Å²) in [6, 6.07) is 0.893. The maximum atomic E-state index is 11.1. The van der Waals surface area contributed by atoms with Crippen LogP contribution in [0.3, 0.4) is 0 Å². The monoisotopic (exact) mass is 226 g/mol. The highest BCUT2D eigenvalue weighted by atomic mass is 16.4. The average molecular weight is 226 g/mol. The summed E-state index contributed by atoms with van der Waals surface area (Å²) in [4.78, 5) is 13.5. The van der Waals surface area contributed by atoms with Crippen LogP contribution in [0.2, 0.25) is 0 Å². The minimum Gasteiger partial charge on any atom is -0.481 e. The van der Waals surface area contributed by atoms with E-state index in [-0.39, 0.29) is 5.92 Å². The van der Waals surface area contributed by atoms with E-state index in [1.54, 1.807) is 0 Å². The molecule has 1 heterocycles. The zero-order valence-electron chi connectivity index (χ0n) is 9.98. The van der Waals surface area contributed by atoms with Gasteiger partial charge in [-0.15, -0.1) is 0 Å². The van der Waals surface area contributed by atoms with Gasteiger partial charge in [-0.3, -0.25) is 9.69 Å². The van der Waals surface area contributed by atoms with Crippen molar-refractivity contribution in [3.8, 4) is 0 Å². The Balaban J connectivity index is 1.96. The first kappa shape index (κ1) is 11.9. The minimum atomic E-state index is -0.608. The molecule has 1 saturated heterocycles. The Bertz CT molecular complexity index is 251. The molecule has 0 spiro atoms. The molecule has 16 heavy (non-hydrogen) atoms. The lowest BCUT2D eigenvalue weighted by Crippen LogP contribution is -2.55. The van der Waals surface area contributed by atoms with E-state index in [9.17, 15) is 4.79 Å². The summed E-state index contributed by atoms with van der Waals surface area (Å²) < 4.78 is 0. The van der Waals surface area contributed by atoms with Crippen LogP contribution >= 0.6 is 0 Å². The van der Waals surface area contributed by atoms with Gasteiger partial charge in [0.25, 0.3) is 0 Å². The Hall–Kier alpha value is -0.610. The van der Waals surface area contributed by atoms with Crippen LogP contribution in [0.5, 0.6) is 0 Å². The molecule has 4 nitrogen and oxygen atoms in total. The zero-order valence-corrected chi connectivity index (χ0v) is 9.98. The lowest BCUT2D eigenvalue weighted by atomic mass is 9.77. The second-order valence-corrected chi connectivity index (χ2v) is 4.90. The highest BCUT2D eigenvalue weighted by Gasteiger charge is 2.42. The van der Waals surface area contributed by atoms with Crippen LogP contribution < -0.4 is 5.32 Å². The van der Waals surface area contributed by atoms with Crippen molar-refractivity contribution < 1.29 is 9.90 Å². The van der Waals surface area contributed by atoms with E-state index in [1.807, 2.05) is 0 Å². The molecule has 2 rings (SSSR count). The Morgan fingerprint density at radius 1 is 1.31 bits per heavy atom. The van der Waals surface area contributed by atoms with Gasteiger partial charge < -0.3 is 10.4 Å². The Morgan fingerprint density at radius 2 is 2.00 bits per heavy atom. The second kappa shape index (κ2) is 5.15. The molecule has 0 aromatic heterocycles. The van der Waals surface area contributed by atoms with Crippen molar-refractivity contribution in [2.24, 2.45) is 5.92 Å². The molecule has 1 aliphatic carbocycles. The topological polar surface area (TPSA) is 52.6 Å². The molecule has 1 saturated carbocycles. The van der Waals surface area contributed by atoms with Crippen molar-refractivity contribution in [2.75, 3.05) is 19.6 Å². The number of rotatable bonds is 4. The maximum absolute atomic E-state index is 11.1. The van der Waals surface area contributed by atoms with Gasteiger partial charge in [0, 0.05) is 12.1 Å². The van der Waals surface area contributed by atoms with Crippen molar-refractivity contribution in [1.29, 1.82) is 0 Å². The van der Waals surface area contributed by atoms with Gasteiger partial charge in [-0.1, -0.05) is 6.92 Å². The van der Waals surface area contributed by atoms with Crippen LogP contribution in [0.1, 0.15) is 32.6 Å². The molecule has 0 amide bonds. The highest BCUT2D eigenvalue weighted by molar-refractivity contribution is 5.72. The Kier molecular flexibility index (Phi) is 3.82. The Labute approximate surface area is 97.0 Å². The quantitative estimate of drug-likeness (QED) is 0.748. The zero-order chi connectivity index (χ0) is 11.5. The summed E-state index contributed by atoms with van der Waals surface area (Å²) in [5, 5.41) is 12.5. The smallest absolute Gasteiger partial charge is 0.308 e. The molecule has 2 aliphatic rings. The molecular weight excluding hydrogens is 204 g/mol. The number of nitrogens with one attached hydrogen (secondary N) is 1. The second-order valence-electron chi connectivity index (χ2n) is 4.90. The van der Waals surface area contributed by atoms with Crippen LogP contribution in [0.25, 0.3) is 0 Å². The van der Waals surface area contributed by atoms with Crippen molar-refractivity contribution in [1.82, 2.24) is 10.2 Å². The molecule has 2 unspecified atom stereocenters. The molecule has 0 radical (unpaired) electrons. The van der Waals surface area contributed by atoms with Crippen molar-refractivity contribution in [3.05, 3.63) is 0 Å². The first-order valence-corrected chi connectivity index (χ1v) is 6.43. The maximum Gasteiger partial charge on any atom is 0.308 e. The SMILES string of the molecule is CCN(C1CCNCC1)C1CCC1C(=O)O. The molecule has 0 bridgehead atoms. The Morgan fingerprint density at radius 3 is 2.44 bits per heavy atom. The van der Waals surface area contributed by atoms with Crippen LogP contribution in [0.15, 0.2) is 0 Å².